The summed E-state index contributed by atoms with van der Waals surface area (Å²) >= 11 is 15.8. The third kappa shape index (κ3) is 7.77. The standard InChI is InChI=1S/C18H16ClN5O2.C12H12BrClN2O2.C9H13N3Si/c19-12-8-13(23-7-4-11-9-20-10-21-15(11)23)17(26)24-14(12)16(25)22-18(24)5-2-1-3-6-18;13-7-6-8(14)9-10(17)15-12(16(9)11(7)18)4-2-1-3-5-12;1-13(2,3)5-4-8-6-11-7-12-9(8)10/h4,7-10H,1-3,5-6H2,(H,22,25);6H,1-5H2,(H,15,17);6-7H,1-3H3,(H2,10,11,12). The number of carbonyl (C=O) groups is 2. The molecular formula is C39H41BrCl2N10O4Si. The van der Waals surface area contributed by atoms with E-state index in [4.69, 9.17) is 28.9 Å². The van der Waals surface area contributed by atoms with Gasteiger partial charge in [-0.2, -0.15) is 0 Å². The van der Waals surface area contributed by atoms with E-state index in [2.05, 4.69) is 77.6 Å². The minimum absolute atomic E-state index is 0.186. The van der Waals surface area contributed by atoms with Crippen LogP contribution in [-0.4, -0.2) is 53.5 Å². The van der Waals surface area contributed by atoms with E-state index in [9.17, 15) is 19.2 Å². The predicted molar refractivity (Wildman–Crippen MR) is 225 cm³/mol. The minimum Gasteiger partial charge on any atom is -0.383 e. The molecule has 0 saturated heterocycles. The lowest BCUT2D eigenvalue weighted by Crippen LogP contribution is -2.49. The van der Waals surface area contributed by atoms with Crippen LogP contribution in [0.4, 0.5) is 5.82 Å². The fraction of sp³-hybridized carbons (Fsp3) is 0.385. The molecule has 2 aliphatic carbocycles. The number of nitrogen functional groups attached to an aromatic ring is 1. The minimum atomic E-state index is -1.34. The number of rotatable bonds is 1. The molecule has 4 N–H and O–H groups in total. The van der Waals surface area contributed by atoms with Gasteiger partial charge in [0.25, 0.3) is 22.9 Å². The maximum atomic E-state index is 13.4. The molecule has 2 saturated carbocycles. The first-order valence-corrected chi connectivity index (χ1v) is 23.8. The largest absolute Gasteiger partial charge is 0.383 e. The fourth-order valence-electron chi connectivity index (χ4n) is 7.93. The lowest BCUT2D eigenvalue weighted by atomic mass is 9.89. The van der Waals surface area contributed by atoms with Gasteiger partial charge in [0.15, 0.2) is 0 Å². The molecule has 2 fully saturated rings. The van der Waals surface area contributed by atoms with Crippen LogP contribution in [0.2, 0.25) is 29.7 Å². The van der Waals surface area contributed by atoms with Crippen molar-refractivity contribution in [1.82, 2.24) is 44.3 Å². The van der Waals surface area contributed by atoms with Crippen LogP contribution in [-0.2, 0) is 11.3 Å². The summed E-state index contributed by atoms with van der Waals surface area (Å²) in [6, 6.07) is 4.90. The number of halogens is 3. The molecule has 18 heteroatoms. The molecular weight excluding hydrogens is 851 g/mol. The Hall–Kier alpha value is -4.82. The van der Waals surface area contributed by atoms with Crippen LogP contribution in [0.15, 0.2) is 63.5 Å². The van der Waals surface area contributed by atoms with E-state index >= 15 is 0 Å². The number of nitrogens with one attached hydrogen (secondary N) is 2. The first kappa shape index (κ1) is 40.4. The molecule has 0 atom stereocenters. The zero-order valence-electron chi connectivity index (χ0n) is 31.7. The Balaban J connectivity index is 0.000000140. The molecule has 5 aromatic heterocycles. The molecule has 2 spiro atoms. The van der Waals surface area contributed by atoms with Crippen molar-refractivity contribution in [3.05, 3.63) is 102 Å². The first-order chi connectivity index (χ1) is 27.1. The molecule has 7 heterocycles. The van der Waals surface area contributed by atoms with E-state index in [0.29, 0.717) is 32.3 Å². The maximum Gasteiger partial charge on any atom is 0.277 e. The fourth-order valence-corrected chi connectivity index (χ4v) is 9.53. The highest BCUT2D eigenvalue weighted by Gasteiger charge is 2.47. The number of aromatic nitrogens is 7. The average Bonchev–Trinajstić information content (AvgIpc) is 3.82. The van der Waals surface area contributed by atoms with Crippen molar-refractivity contribution in [3.63, 3.8) is 0 Å². The predicted octanol–water partition coefficient (Wildman–Crippen LogP) is 6.51. The Morgan fingerprint density at radius 3 is 1.91 bits per heavy atom. The molecule has 14 nitrogen and oxygen atoms in total. The van der Waals surface area contributed by atoms with Crippen molar-refractivity contribution < 1.29 is 9.59 Å². The van der Waals surface area contributed by atoms with E-state index in [1.54, 1.807) is 38.4 Å². The molecule has 0 aromatic carbocycles. The van der Waals surface area contributed by atoms with Crippen molar-refractivity contribution >= 4 is 75.9 Å². The van der Waals surface area contributed by atoms with Crippen LogP contribution in [0.25, 0.3) is 16.7 Å². The third-order valence-electron chi connectivity index (χ3n) is 10.5. The number of hydrogen-bond donors (Lipinski definition) is 3. The molecule has 5 aromatic rings. The molecule has 0 radical (unpaired) electrons. The topological polar surface area (TPSA) is 185 Å². The third-order valence-corrected chi connectivity index (χ3v) is 12.5. The Morgan fingerprint density at radius 2 is 1.33 bits per heavy atom. The van der Waals surface area contributed by atoms with Crippen molar-refractivity contribution in [1.29, 1.82) is 0 Å². The summed E-state index contributed by atoms with van der Waals surface area (Å²) in [4.78, 5) is 66.3. The second kappa shape index (κ2) is 15.8. The molecule has 2 amide bonds. The van der Waals surface area contributed by atoms with Crippen molar-refractivity contribution in [2.75, 3.05) is 5.73 Å². The molecule has 57 heavy (non-hydrogen) atoms. The van der Waals surface area contributed by atoms with Gasteiger partial charge in [-0.1, -0.05) is 61.6 Å². The molecule has 296 valence electrons. The van der Waals surface area contributed by atoms with Crippen molar-refractivity contribution in [2.45, 2.75) is 95.2 Å². The number of pyridine rings is 2. The molecule has 0 bridgehead atoms. The Bertz CT molecular complexity index is 2600. The van der Waals surface area contributed by atoms with Crippen molar-refractivity contribution in [3.8, 4) is 17.2 Å². The van der Waals surface area contributed by atoms with Crippen LogP contribution < -0.4 is 27.5 Å². The number of fused-ring (bicyclic) bond motifs is 5. The van der Waals surface area contributed by atoms with Gasteiger partial charge in [0.2, 0.25) is 0 Å². The van der Waals surface area contributed by atoms with Crippen LogP contribution in [0.3, 0.4) is 0 Å². The van der Waals surface area contributed by atoms with Gasteiger partial charge in [-0.05, 0) is 85.5 Å². The summed E-state index contributed by atoms with van der Waals surface area (Å²) in [6.45, 7) is 6.54. The van der Waals surface area contributed by atoms with Gasteiger partial charge in [0, 0.05) is 24.0 Å². The summed E-state index contributed by atoms with van der Waals surface area (Å²) in [5.41, 5.74) is 9.47. The van der Waals surface area contributed by atoms with E-state index < -0.39 is 19.4 Å². The second-order valence-corrected chi connectivity index (χ2v) is 22.0. The molecule has 4 aliphatic rings. The number of carbonyl (C=O) groups excluding carboxylic acids is 2. The highest BCUT2D eigenvalue weighted by Crippen LogP contribution is 2.40. The van der Waals surface area contributed by atoms with Gasteiger partial charge in [-0.15, -0.1) is 5.54 Å². The van der Waals surface area contributed by atoms with Gasteiger partial charge in [0.1, 0.15) is 60.6 Å². The monoisotopic (exact) mass is 890 g/mol. The zero-order chi connectivity index (χ0) is 40.7. The lowest BCUT2D eigenvalue weighted by molar-refractivity contribution is 0.0867. The van der Waals surface area contributed by atoms with Crippen LogP contribution in [0.5, 0.6) is 0 Å². The number of hydrogen-bond acceptors (Lipinski definition) is 9. The second-order valence-electron chi connectivity index (χ2n) is 15.6. The van der Waals surface area contributed by atoms with E-state index in [0.717, 1.165) is 75.2 Å². The summed E-state index contributed by atoms with van der Waals surface area (Å²) in [6.07, 6.45) is 17.2. The van der Waals surface area contributed by atoms with Gasteiger partial charge < -0.3 is 16.4 Å². The lowest BCUT2D eigenvalue weighted by Gasteiger charge is -2.35. The number of amides is 2. The number of nitrogens with two attached hydrogens (primary N) is 1. The van der Waals surface area contributed by atoms with E-state index in [1.807, 2.05) is 6.07 Å². The Kier molecular flexibility index (Phi) is 11.2. The van der Waals surface area contributed by atoms with Crippen LogP contribution in [0.1, 0.15) is 90.7 Å². The molecule has 9 rings (SSSR count). The molecule has 0 unspecified atom stereocenters. The SMILES string of the molecule is C[Si](C)(C)C#Cc1cncnc1N.O=C1NC2(CCCCC2)n2c1c(Cl)cc(-n1ccc3cncnc31)c2=O.O=C1NC2(CCCCC2)n2c1c(Cl)cc(Br)c2=O. The quantitative estimate of drug-likeness (QED) is 0.125. The summed E-state index contributed by atoms with van der Waals surface area (Å²) in [5, 5.41) is 7.42. The van der Waals surface area contributed by atoms with Gasteiger partial charge in [-0.25, -0.2) is 19.9 Å². The first-order valence-electron chi connectivity index (χ1n) is 18.7. The summed E-state index contributed by atoms with van der Waals surface area (Å²) in [5.74, 6) is 2.95. The highest BCUT2D eigenvalue weighted by atomic mass is 79.9. The van der Waals surface area contributed by atoms with Crippen LogP contribution >= 0.6 is 39.1 Å². The van der Waals surface area contributed by atoms with Crippen molar-refractivity contribution in [2.24, 2.45) is 0 Å². The summed E-state index contributed by atoms with van der Waals surface area (Å²) < 4.78 is 5.25. The average molecular weight is 893 g/mol. The number of nitrogens with zero attached hydrogens (tertiary/aromatic N) is 7. The number of anilines is 1. The molecule has 2 aliphatic heterocycles. The van der Waals surface area contributed by atoms with Gasteiger partial charge >= 0.3 is 0 Å². The van der Waals surface area contributed by atoms with Crippen LogP contribution in [0, 0.1) is 11.5 Å². The van der Waals surface area contributed by atoms with E-state index in [1.165, 1.54) is 18.7 Å². The van der Waals surface area contributed by atoms with E-state index in [-0.39, 0.29) is 33.6 Å². The van der Waals surface area contributed by atoms with Gasteiger partial charge in [0.05, 0.1) is 20.1 Å². The highest BCUT2D eigenvalue weighted by molar-refractivity contribution is 9.10. The Morgan fingerprint density at radius 1 is 0.789 bits per heavy atom. The summed E-state index contributed by atoms with van der Waals surface area (Å²) in [7, 11) is -1.34. The smallest absolute Gasteiger partial charge is 0.277 e. The van der Waals surface area contributed by atoms with Gasteiger partial charge in [-0.3, -0.25) is 32.9 Å². The normalized spacial score (nSPS) is 17.3. The Labute approximate surface area is 347 Å². The zero-order valence-corrected chi connectivity index (χ0v) is 35.8. The maximum absolute atomic E-state index is 13.4.